The molecule has 0 spiro atoms. The van der Waals surface area contributed by atoms with E-state index in [-0.39, 0.29) is 0 Å². The molecule has 0 atom stereocenters. The van der Waals surface area contributed by atoms with Crippen molar-refractivity contribution in [2.24, 2.45) is 0 Å². The average molecular weight is 389 g/mol. The van der Waals surface area contributed by atoms with Gasteiger partial charge >= 0.3 is 0 Å². The van der Waals surface area contributed by atoms with Gasteiger partial charge in [0.1, 0.15) is 11.5 Å². The van der Waals surface area contributed by atoms with Crippen LogP contribution in [0.3, 0.4) is 0 Å². The van der Waals surface area contributed by atoms with Gasteiger partial charge in [0, 0.05) is 34.0 Å². The second kappa shape index (κ2) is 10.6. The summed E-state index contributed by atoms with van der Waals surface area (Å²) in [6.45, 7) is 13.9. The maximum Gasteiger partial charge on any atom is 0.120 e. The molecule has 0 unspecified atom stereocenters. The van der Waals surface area contributed by atoms with Crippen LogP contribution in [0.4, 0.5) is 0 Å². The fourth-order valence-corrected chi connectivity index (χ4v) is 3.96. The van der Waals surface area contributed by atoms with Gasteiger partial charge in [-0.1, -0.05) is 39.5 Å². The summed E-state index contributed by atoms with van der Waals surface area (Å²) in [5.41, 5.74) is 1.90. The maximum atomic E-state index is 10.2. The normalized spacial score (nSPS) is 11.5. The van der Waals surface area contributed by atoms with E-state index in [1.807, 2.05) is 12.1 Å². The Morgan fingerprint density at radius 3 is 1.37 bits per heavy atom. The number of nitrogens with zero attached hydrogens (tertiary/aromatic N) is 2. The van der Waals surface area contributed by atoms with Gasteiger partial charge in [0.05, 0.1) is 0 Å². The van der Waals surface area contributed by atoms with Gasteiger partial charge < -0.3 is 10.2 Å². The lowest BCUT2D eigenvalue weighted by atomic mass is 10.2. The van der Waals surface area contributed by atoms with Gasteiger partial charge in [-0.3, -0.25) is 9.80 Å². The van der Waals surface area contributed by atoms with Crippen molar-refractivity contribution in [3.63, 3.8) is 0 Å². The zero-order valence-electron chi connectivity index (χ0n) is 16.9. The van der Waals surface area contributed by atoms with Crippen LogP contribution in [0.1, 0.15) is 38.8 Å². The first-order valence-corrected chi connectivity index (χ1v) is 10.6. The molecule has 0 aliphatic carbocycles. The van der Waals surface area contributed by atoms with Crippen molar-refractivity contribution in [2.75, 3.05) is 26.2 Å². The monoisotopic (exact) mass is 388 g/mol. The number of phenolic OH excluding ortho intramolecular Hbond substituents is 2. The summed E-state index contributed by atoms with van der Waals surface area (Å²) in [7, 11) is 0. The topological polar surface area (TPSA) is 46.9 Å². The molecule has 0 aromatic heterocycles. The third kappa shape index (κ3) is 6.16. The van der Waals surface area contributed by atoms with Crippen LogP contribution in [0.25, 0.3) is 0 Å². The Hall–Kier alpha value is -1.69. The summed E-state index contributed by atoms with van der Waals surface area (Å²) in [6.07, 6.45) is 0. The van der Waals surface area contributed by atoms with Gasteiger partial charge in [-0.15, -0.1) is 0 Å². The summed E-state index contributed by atoms with van der Waals surface area (Å²) in [6, 6.07) is 11.6. The molecule has 4 nitrogen and oxygen atoms in total. The highest BCUT2D eigenvalue weighted by Crippen LogP contribution is 2.34. The van der Waals surface area contributed by atoms with E-state index >= 15 is 0 Å². The van der Waals surface area contributed by atoms with E-state index in [2.05, 4.69) is 49.6 Å². The molecule has 0 saturated carbocycles. The predicted molar refractivity (Wildman–Crippen MR) is 114 cm³/mol. The standard InChI is InChI=1S/C22H32N2O2S/c1-5-23(6-2)15-17-13-19(9-11-21(17)25)27-20-10-12-22(26)18(14-20)16-24(7-3)8-4/h9-14,25-26H,5-8,15-16H2,1-4H3. The Kier molecular flexibility index (Phi) is 8.48. The Balaban J connectivity index is 2.19. The lowest BCUT2D eigenvalue weighted by Gasteiger charge is -2.20. The number of aromatic hydroxyl groups is 2. The summed E-state index contributed by atoms with van der Waals surface area (Å²) in [4.78, 5) is 6.75. The number of phenols is 2. The average Bonchev–Trinajstić information content (AvgIpc) is 2.68. The zero-order chi connectivity index (χ0) is 19.8. The van der Waals surface area contributed by atoms with E-state index in [9.17, 15) is 10.2 Å². The van der Waals surface area contributed by atoms with Crippen LogP contribution >= 0.6 is 11.8 Å². The number of benzene rings is 2. The number of hydrogen-bond donors (Lipinski definition) is 2. The van der Waals surface area contributed by atoms with Crippen molar-refractivity contribution < 1.29 is 10.2 Å². The molecule has 0 amide bonds. The lowest BCUT2D eigenvalue weighted by Crippen LogP contribution is -2.22. The first-order chi connectivity index (χ1) is 13.0. The molecule has 27 heavy (non-hydrogen) atoms. The summed E-state index contributed by atoms with van der Waals surface area (Å²) in [5.74, 6) is 0.693. The third-order valence-corrected chi connectivity index (χ3v) is 5.89. The van der Waals surface area contributed by atoms with E-state index < -0.39 is 0 Å². The fourth-order valence-electron chi connectivity index (χ4n) is 3.02. The molecule has 148 valence electrons. The van der Waals surface area contributed by atoms with Gasteiger partial charge in [0.25, 0.3) is 0 Å². The Morgan fingerprint density at radius 1 is 0.667 bits per heavy atom. The Bertz CT molecular complexity index is 667. The smallest absolute Gasteiger partial charge is 0.120 e. The highest BCUT2D eigenvalue weighted by molar-refractivity contribution is 7.99. The molecular formula is C22H32N2O2S. The molecular weight excluding hydrogens is 356 g/mol. The predicted octanol–water partition coefficient (Wildman–Crippen LogP) is 4.93. The lowest BCUT2D eigenvalue weighted by molar-refractivity contribution is 0.290. The minimum absolute atomic E-state index is 0.346. The summed E-state index contributed by atoms with van der Waals surface area (Å²) in [5, 5.41) is 20.4. The molecule has 0 heterocycles. The molecule has 0 fully saturated rings. The van der Waals surface area contributed by atoms with Crippen molar-refractivity contribution in [1.29, 1.82) is 0 Å². The van der Waals surface area contributed by atoms with E-state index in [0.717, 1.165) is 60.2 Å². The van der Waals surface area contributed by atoms with Crippen LogP contribution in [-0.2, 0) is 13.1 Å². The Labute approximate surface area is 167 Å². The van der Waals surface area contributed by atoms with Gasteiger partial charge in [-0.05, 0) is 62.6 Å². The van der Waals surface area contributed by atoms with E-state index in [0.29, 0.717) is 11.5 Å². The van der Waals surface area contributed by atoms with Crippen molar-refractivity contribution in [3.8, 4) is 11.5 Å². The second-order valence-electron chi connectivity index (χ2n) is 6.61. The summed E-state index contributed by atoms with van der Waals surface area (Å²) >= 11 is 1.66. The second-order valence-corrected chi connectivity index (χ2v) is 7.75. The van der Waals surface area contributed by atoms with Crippen LogP contribution in [-0.4, -0.2) is 46.2 Å². The third-order valence-electron chi connectivity index (χ3n) is 4.91. The van der Waals surface area contributed by atoms with Crippen LogP contribution in [0, 0.1) is 0 Å². The van der Waals surface area contributed by atoms with Crippen LogP contribution < -0.4 is 0 Å². The van der Waals surface area contributed by atoms with Gasteiger partial charge in [-0.25, -0.2) is 0 Å². The minimum Gasteiger partial charge on any atom is -0.508 e. The quantitative estimate of drug-likeness (QED) is 0.604. The molecule has 2 aromatic carbocycles. The highest BCUT2D eigenvalue weighted by atomic mass is 32.2. The van der Waals surface area contributed by atoms with Crippen LogP contribution in [0.5, 0.6) is 11.5 Å². The van der Waals surface area contributed by atoms with Crippen LogP contribution in [0.15, 0.2) is 46.2 Å². The first kappa shape index (κ1) is 21.6. The first-order valence-electron chi connectivity index (χ1n) is 9.76. The molecule has 5 heteroatoms. The summed E-state index contributed by atoms with van der Waals surface area (Å²) < 4.78 is 0. The SMILES string of the molecule is CCN(CC)Cc1cc(Sc2ccc(O)c(CN(CC)CC)c2)ccc1O. The molecule has 0 aliphatic heterocycles. The minimum atomic E-state index is 0.346. The maximum absolute atomic E-state index is 10.2. The van der Waals surface area contributed by atoms with Crippen LogP contribution in [0.2, 0.25) is 0 Å². The number of hydrogen-bond acceptors (Lipinski definition) is 5. The number of rotatable bonds is 10. The van der Waals surface area contributed by atoms with Gasteiger partial charge in [0.15, 0.2) is 0 Å². The molecule has 0 saturated heterocycles. The molecule has 2 aromatic rings. The molecule has 0 bridgehead atoms. The molecule has 0 aliphatic rings. The van der Waals surface area contributed by atoms with Gasteiger partial charge in [-0.2, -0.15) is 0 Å². The zero-order valence-corrected chi connectivity index (χ0v) is 17.7. The molecule has 2 N–H and O–H groups in total. The van der Waals surface area contributed by atoms with Crippen molar-refractivity contribution in [3.05, 3.63) is 47.5 Å². The highest BCUT2D eigenvalue weighted by Gasteiger charge is 2.10. The van der Waals surface area contributed by atoms with E-state index in [1.54, 1.807) is 23.9 Å². The van der Waals surface area contributed by atoms with Gasteiger partial charge in [0.2, 0.25) is 0 Å². The molecule has 0 radical (unpaired) electrons. The van der Waals surface area contributed by atoms with E-state index in [1.165, 1.54) is 0 Å². The largest absolute Gasteiger partial charge is 0.508 e. The van der Waals surface area contributed by atoms with Crippen molar-refractivity contribution in [2.45, 2.75) is 50.6 Å². The fraction of sp³-hybridized carbons (Fsp3) is 0.455. The van der Waals surface area contributed by atoms with E-state index in [4.69, 9.17) is 0 Å². The van der Waals surface area contributed by atoms with Crippen molar-refractivity contribution >= 4 is 11.8 Å². The molecule has 2 rings (SSSR count). The van der Waals surface area contributed by atoms with Crippen molar-refractivity contribution in [1.82, 2.24) is 9.80 Å². The Morgan fingerprint density at radius 2 is 1.04 bits per heavy atom.